The van der Waals surface area contributed by atoms with E-state index in [0.29, 0.717) is 31.5 Å². The molecule has 2 atom stereocenters. The van der Waals surface area contributed by atoms with Gasteiger partial charge in [-0.2, -0.15) is 5.10 Å². The predicted molar refractivity (Wildman–Crippen MR) is 122 cm³/mol. The van der Waals surface area contributed by atoms with Gasteiger partial charge in [-0.15, -0.1) is 0 Å². The van der Waals surface area contributed by atoms with Gasteiger partial charge in [0.05, 0.1) is 29.2 Å². The predicted octanol–water partition coefficient (Wildman–Crippen LogP) is 3.69. The lowest BCUT2D eigenvalue weighted by molar-refractivity contribution is -0.220. The first kappa shape index (κ1) is 23.6. The highest BCUT2D eigenvalue weighted by Gasteiger charge is 2.75. The van der Waals surface area contributed by atoms with Crippen LogP contribution in [0.1, 0.15) is 84.8 Å². The van der Waals surface area contributed by atoms with Gasteiger partial charge in [-0.1, -0.05) is 0 Å². The number of aromatic nitrogens is 2. The van der Waals surface area contributed by atoms with E-state index in [1.165, 1.54) is 7.11 Å². The Morgan fingerprint density at radius 3 is 2.39 bits per heavy atom. The molecule has 0 radical (unpaired) electrons. The van der Waals surface area contributed by atoms with Gasteiger partial charge in [0, 0.05) is 18.0 Å². The standard InChI is InChI=1S/C24H36N4O5/c1-14(2)25-21(31)33-16-8-7-15(9-16)17-10-18(28(27-17)22(3,4)5)26-19(29)23-11-24(12-23,13-23)20(30)32-6/h10,14-16H,7-9,11-13H2,1-6H3,(H,25,31)(H,26,29)/t15-,16+,23?,24?/m0/s1. The summed E-state index contributed by atoms with van der Waals surface area (Å²) in [6.45, 7) is 9.93. The zero-order valence-corrected chi connectivity index (χ0v) is 20.5. The molecule has 2 amide bonds. The summed E-state index contributed by atoms with van der Waals surface area (Å²) in [5.41, 5.74) is -0.349. The van der Waals surface area contributed by atoms with Crippen molar-refractivity contribution in [1.29, 1.82) is 0 Å². The summed E-state index contributed by atoms with van der Waals surface area (Å²) in [5.74, 6) is 0.572. The normalized spacial score (nSPS) is 30.3. The molecule has 1 heterocycles. The number of hydrogen-bond acceptors (Lipinski definition) is 6. The Balaban J connectivity index is 1.43. The van der Waals surface area contributed by atoms with Crippen LogP contribution in [-0.4, -0.2) is 47.0 Å². The first-order valence-corrected chi connectivity index (χ1v) is 11.8. The van der Waals surface area contributed by atoms with Crippen molar-refractivity contribution in [3.8, 4) is 0 Å². The van der Waals surface area contributed by atoms with Crippen molar-refractivity contribution in [3.05, 3.63) is 11.8 Å². The van der Waals surface area contributed by atoms with Crippen LogP contribution < -0.4 is 10.6 Å². The average molecular weight is 461 g/mol. The number of methoxy groups -OCH3 is 1. The topological polar surface area (TPSA) is 112 Å². The maximum Gasteiger partial charge on any atom is 0.407 e. The number of nitrogens with one attached hydrogen (secondary N) is 2. The molecule has 2 bridgehead atoms. The maximum absolute atomic E-state index is 13.1. The van der Waals surface area contributed by atoms with Crippen molar-refractivity contribution >= 4 is 23.8 Å². The molecule has 5 rings (SSSR count). The van der Waals surface area contributed by atoms with Crippen LogP contribution in [0.4, 0.5) is 10.6 Å². The Hall–Kier alpha value is -2.58. The highest BCUT2D eigenvalue weighted by molar-refractivity contribution is 6.00. The van der Waals surface area contributed by atoms with Crippen LogP contribution in [0.25, 0.3) is 0 Å². The molecule has 1 aromatic heterocycles. The van der Waals surface area contributed by atoms with Crippen LogP contribution in [-0.2, 0) is 24.6 Å². The second-order valence-electron chi connectivity index (χ2n) is 11.4. The SMILES string of the molecule is COC(=O)C12CC(C(=O)Nc3cc([C@H]4CC[C@@H](OC(=O)NC(C)C)C4)nn3C(C)(C)C)(C1)C2. The molecule has 4 saturated carbocycles. The van der Waals surface area contributed by atoms with Gasteiger partial charge in [0.25, 0.3) is 0 Å². The molecule has 4 fully saturated rings. The number of amides is 2. The van der Waals surface area contributed by atoms with Crippen LogP contribution in [0.5, 0.6) is 0 Å². The number of alkyl carbamates (subject to hydrolysis) is 1. The molecule has 0 saturated heterocycles. The quantitative estimate of drug-likeness (QED) is 0.626. The lowest BCUT2D eigenvalue weighted by Crippen LogP contribution is -2.69. The van der Waals surface area contributed by atoms with Crippen LogP contribution in [0.3, 0.4) is 0 Å². The lowest BCUT2D eigenvalue weighted by atomic mass is 9.35. The molecule has 4 aliphatic rings. The van der Waals surface area contributed by atoms with Crippen molar-refractivity contribution in [2.45, 2.75) is 96.7 Å². The number of esters is 1. The third-order valence-corrected chi connectivity index (χ3v) is 7.22. The molecule has 33 heavy (non-hydrogen) atoms. The van der Waals surface area contributed by atoms with Gasteiger partial charge in [-0.05, 0) is 73.1 Å². The van der Waals surface area contributed by atoms with Gasteiger partial charge in [0.15, 0.2) is 0 Å². The van der Waals surface area contributed by atoms with E-state index in [0.717, 1.165) is 18.5 Å². The summed E-state index contributed by atoms with van der Waals surface area (Å²) >= 11 is 0. The summed E-state index contributed by atoms with van der Waals surface area (Å²) < 4.78 is 12.3. The molecule has 2 N–H and O–H groups in total. The largest absolute Gasteiger partial charge is 0.469 e. The van der Waals surface area contributed by atoms with E-state index in [4.69, 9.17) is 14.6 Å². The molecule has 182 valence electrons. The Morgan fingerprint density at radius 1 is 1.15 bits per heavy atom. The van der Waals surface area contributed by atoms with E-state index >= 15 is 0 Å². The molecule has 4 aliphatic carbocycles. The minimum atomic E-state index is -0.475. The third-order valence-electron chi connectivity index (χ3n) is 7.22. The molecule has 9 heteroatoms. The zero-order valence-electron chi connectivity index (χ0n) is 20.5. The van der Waals surface area contributed by atoms with Gasteiger partial charge < -0.3 is 20.1 Å². The number of carbonyl (C=O) groups is 3. The average Bonchev–Trinajstić information content (AvgIpc) is 3.25. The first-order valence-electron chi connectivity index (χ1n) is 11.8. The third kappa shape index (κ3) is 4.22. The van der Waals surface area contributed by atoms with Crippen LogP contribution in [0.2, 0.25) is 0 Å². The Bertz CT molecular complexity index is 941. The zero-order chi connectivity index (χ0) is 24.2. The van der Waals surface area contributed by atoms with Crippen LogP contribution in [0.15, 0.2) is 6.07 Å². The van der Waals surface area contributed by atoms with Gasteiger partial charge >= 0.3 is 12.1 Å². The van der Waals surface area contributed by atoms with Crippen molar-refractivity contribution in [2.24, 2.45) is 10.8 Å². The molecule has 0 aromatic carbocycles. The molecular formula is C24H36N4O5. The van der Waals surface area contributed by atoms with Crippen molar-refractivity contribution in [3.63, 3.8) is 0 Å². The molecule has 1 aromatic rings. The number of carbonyl (C=O) groups excluding carboxylic acids is 3. The van der Waals surface area contributed by atoms with Crippen molar-refractivity contribution < 1.29 is 23.9 Å². The van der Waals surface area contributed by atoms with E-state index < -0.39 is 10.8 Å². The van der Waals surface area contributed by atoms with Crippen LogP contribution >= 0.6 is 0 Å². The number of nitrogens with zero attached hydrogens (tertiary/aromatic N) is 2. The molecule has 0 unspecified atom stereocenters. The Kier molecular flexibility index (Phi) is 5.73. The van der Waals surface area contributed by atoms with E-state index in [1.807, 2.05) is 45.4 Å². The molecule has 9 nitrogen and oxygen atoms in total. The monoisotopic (exact) mass is 460 g/mol. The second kappa shape index (κ2) is 8.02. The van der Waals surface area contributed by atoms with E-state index in [-0.39, 0.29) is 41.6 Å². The number of anilines is 1. The summed E-state index contributed by atoms with van der Waals surface area (Å²) in [6, 6.07) is 1.98. The fourth-order valence-corrected chi connectivity index (χ4v) is 5.65. The smallest absolute Gasteiger partial charge is 0.407 e. The molecule has 0 spiro atoms. The highest BCUT2D eigenvalue weighted by atomic mass is 16.6. The first-order chi connectivity index (χ1) is 15.4. The molecule has 0 aliphatic heterocycles. The summed E-state index contributed by atoms with van der Waals surface area (Å²) in [7, 11) is 1.40. The van der Waals surface area contributed by atoms with Gasteiger partial charge in [-0.25, -0.2) is 9.48 Å². The minimum Gasteiger partial charge on any atom is -0.469 e. The fourth-order valence-electron chi connectivity index (χ4n) is 5.65. The Labute approximate surface area is 194 Å². The van der Waals surface area contributed by atoms with Crippen molar-refractivity contribution in [2.75, 3.05) is 12.4 Å². The summed E-state index contributed by atoms with van der Waals surface area (Å²) in [6.07, 6.45) is 3.51. The highest BCUT2D eigenvalue weighted by Crippen LogP contribution is 2.74. The minimum absolute atomic E-state index is 0.0342. The Morgan fingerprint density at radius 2 is 1.82 bits per heavy atom. The van der Waals surface area contributed by atoms with Gasteiger partial charge in [-0.3, -0.25) is 9.59 Å². The number of hydrogen-bond donors (Lipinski definition) is 2. The molecular weight excluding hydrogens is 424 g/mol. The van der Waals surface area contributed by atoms with Crippen molar-refractivity contribution in [1.82, 2.24) is 15.1 Å². The van der Waals surface area contributed by atoms with E-state index in [2.05, 4.69) is 10.6 Å². The summed E-state index contributed by atoms with van der Waals surface area (Å²) in [4.78, 5) is 37.0. The van der Waals surface area contributed by atoms with Gasteiger partial charge in [0.2, 0.25) is 5.91 Å². The second-order valence-corrected chi connectivity index (χ2v) is 11.4. The lowest BCUT2D eigenvalue weighted by Gasteiger charge is -2.66. The number of rotatable bonds is 6. The van der Waals surface area contributed by atoms with Crippen LogP contribution in [0, 0.1) is 10.8 Å². The maximum atomic E-state index is 13.1. The fraction of sp³-hybridized carbons (Fsp3) is 0.750. The van der Waals surface area contributed by atoms with E-state index in [9.17, 15) is 14.4 Å². The summed E-state index contributed by atoms with van der Waals surface area (Å²) in [5, 5.41) is 10.7. The number of ether oxygens (including phenoxy) is 2. The van der Waals surface area contributed by atoms with E-state index in [1.54, 1.807) is 0 Å². The van der Waals surface area contributed by atoms with Gasteiger partial charge in [0.1, 0.15) is 11.9 Å².